The molecular formula is C24H20Cl2N2O4S. The van der Waals surface area contributed by atoms with Crippen LogP contribution in [-0.4, -0.2) is 22.2 Å². The number of benzene rings is 2. The van der Waals surface area contributed by atoms with Gasteiger partial charge in [-0.3, -0.25) is 9.36 Å². The molecule has 9 heteroatoms. The molecule has 1 atom stereocenters. The SMILES string of the molecule is CCOC(=O)C1=C(C)N=c2s/c(=C\Cc3cc(Cl)ccc3O)c(=O)n2C1c1ccccc1Cl. The lowest BCUT2D eigenvalue weighted by Crippen LogP contribution is -2.40. The highest BCUT2D eigenvalue weighted by Gasteiger charge is 2.34. The Hall–Kier alpha value is -2.87. The van der Waals surface area contributed by atoms with Gasteiger partial charge in [-0.15, -0.1) is 0 Å². The Kier molecular flexibility index (Phi) is 6.74. The van der Waals surface area contributed by atoms with Crippen LogP contribution in [0.1, 0.15) is 31.0 Å². The number of carbonyl (C=O) groups is 1. The van der Waals surface area contributed by atoms with Gasteiger partial charge in [0.15, 0.2) is 4.80 Å². The van der Waals surface area contributed by atoms with Crippen LogP contribution in [0.25, 0.3) is 6.08 Å². The van der Waals surface area contributed by atoms with Gasteiger partial charge >= 0.3 is 5.97 Å². The lowest BCUT2D eigenvalue weighted by Gasteiger charge is -2.25. The summed E-state index contributed by atoms with van der Waals surface area (Å²) in [6.07, 6.45) is 2.03. The summed E-state index contributed by atoms with van der Waals surface area (Å²) in [5.41, 5.74) is 1.64. The van der Waals surface area contributed by atoms with Crippen molar-refractivity contribution < 1.29 is 14.6 Å². The van der Waals surface area contributed by atoms with Crippen LogP contribution in [-0.2, 0) is 16.0 Å². The minimum absolute atomic E-state index is 0.0952. The number of carbonyl (C=O) groups excluding carboxylic acids is 1. The van der Waals surface area contributed by atoms with Crippen molar-refractivity contribution in [3.05, 3.63) is 94.6 Å². The molecule has 33 heavy (non-hydrogen) atoms. The maximum absolute atomic E-state index is 13.5. The largest absolute Gasteiger partial charge is 0.508 e. The number of fused-ring (bicyclic) bond motifs is 1. The van der Waals surface area contributed by atoms with Crippen molar-refractivity contribution in [2.45, 2.75) is 26.3 Å². The summed E-state index contributed by atoms with van der Waals surface area (Å²) in [6.45, 7) is 3.63. The zero-order valence-corrected chi connectivity index (χ0v) is 20.2. The van der Waals surface area contributed by atoms with Crippen LogP contribution in [0.2, 0.25) is 10.0 Å². The summed E-state index contributed by atoms with van der Waals surface area (Å²) in [5.74, 6) is -0.445. The summed E-state index contributed by atoms with van der Waals surface area (Å²) in [7, 11) is 0. The highest BCUT2D eigenvalue weighted by Crippen LogP contribution is 2.34. The Morgan fingerprint density at radius 2 is 2.03 bits per heavy atom. The van der Waals surface area contributed by atoms with E-state index in [0.717, 1.165) is 0 Å². The Morgan fingerprint density at radius 1 is 1.27 bits per heavy atom. The molecule has 1 N–H and O–H groups in total. The topological polar surface area (TPSA) is 80.9 Å². The predicted octanol–water partition coefficient (Wildman–Crippen LogP) is 4.01. The van der Waals surface area contributed by atoms with Crippen molar-refractivity contribution in [1.29, 1.82) is 0 Å². The fourth-order valence-corrected chi connectivity index (χ4v) is 5.19. The lowest BCUT2D eigenvalue weighted by molar-refractivity contribution is -0.139. The zero-order valence-electron chi connectivity index (χ0n) is 17.8. The van der Waals surface area contributed by atoms with Gasteiger partial charge in [0.25, 0.3) is 5.56 Å². The smallest absolute Gasteiger partial charge is 0.338 e. The second kappa shape index (κ2) is 9.55. The number of halogens is 2. The van der Waals surface area contributed by atoms with E-state index in [0.29, 0.717) is 42.6 Å². The molecule has 4 rings (SSSR count). The molecule has 0 aliphatic carbocycles. The van der Waals surface area contributed by atoms with E-state index in [4.69, 9.17) is 27.9 Å². The number of nitrogens with zero attached hydrogens (tertiary/aromatic N) is 2. The van der Waals surface area contributed by atoms with E-state index in [9.17, 15) is 14.7 Å². The Balaban J connectivity index is 1.89. The van der Waals surface area contributed by atoms with Crippen LogP contribution in [0.5, 0.6) is 5.75 Å². The highest BCUT2D eigenvalue weighted by molar-refractivity contribution is 7.07. The highest BCUT2D eigenvalue weighted by atomic mass is 35.5. The Labute approximate surface area is 203 Å². The van der Waals surface area contributed by atoms with Crippen molar-refractivity contribution in [2.24, 2.45) is 4.99 Å². The van der Waals surface area contributed by atoms with Gasteiger partial charge in [-0.1, -0.05) is 58.8 Å². The number of hydrogen-bond acceptors (Lipinski definition) is 6. The van der Waals surface area contributed by atoms with Crippen molar-refractivity contribution in [1.82, 2.24) is 4.57 Å². The van der Waals surface area contributed by atoms with E-state index in [-0.39, 0.29) is 23.5 Å². The third-order valence-electron chi connectivity index (χ3n) is 5.27. The molecule has 1 aliphatic heterocycles. The molecule has 0 saturated carbocycles. The number of aromatic hydroxyl groups is 1. The van der Waals surface area contributed by atoms with E-state index in [1.807, 2.05) is 0 Å². The molecule has 1 unspecified atom stereocenters. The predicted molar refractivity (Wildman–Crippen MR) is 130 cm³/mol. The number of hydrogen-bond donors (Lipinski definition) is 1. The van der Waals surface area contributed by atoms with Crippen molar-refractivity contribution >= 4 is 46.6 Å². The first-order valence-corrected chi connectivity index (χ1v) is 11.8. The molecule has 3 aromatic rings. The zero-order chi connectivity index (χ0) is 23.7. The molecule has 0 radical (unpaired) electrons. The number of thiazole rings is 1. The first-order valence-electron chi connectivity index (χ1n) is 10.2. The molecule has 1 aliphatic rings. The Morgan fingerprint density at radius 3 is 2.76 bits per heavy atom. The summed E-state index contributed by atoms with van der Waals surface area (Å²) < 4.78 is 7.19. The summed E-state index contributed by atoms with van der Waals surface area (Å²) in [5, 5.41) is 11.0. The molecule has 0 spiro atoms. The van der Waals surface area contributed by atoms with E-state index in [2.05, 4.69) is 4.99 Å². The fraction of sp³-hybridized carbons (Fsp3) is 0.208. The van der Waals surface area contributed by atoms with Gasteiger partial charge in [-0.25, -0.2) is 9.79 Å². The van der Waals surface area contributed by atoms with Gasteiger partial charge in [0.1, 0.15) is 11.8 Å². The average molecular weight is 503 g/mol. The van der Waals surface area contributed by atoms with Crippen LogP contribution in [0.15, 0.2) is 63.5 Å². The number of rotatable bonds is 5. The van der Waals surface area contributed by atoms with Crippen molar-refractivity contribution in [3.8, 4) is 5.75 Å². The molecular weight excluding hydrogens is 483 g/mol. The monoisotopic (exact) mass is 502 g/mol. The van der Waals surface area contributed by atoms with E-state index < -0.39 is 12.0 Å². The summed E-state index contributed by atoms with van der Waals surface area (Å²) in [6, 6.07) is 11.1. The minimum Gasteiger partial charge on any atom is -0.508 e. The van der Waals surface area contributed by atoms with E-state index >= 15 is 0 Å². The normalized spacial score (nSPS) is 15.9. The quantitative estimate of drug-likeness (QED) is 0.534. The number of allylic oxidation sites excluding steroid dienone is 1. The van der Waals surface area contributed by atoms with Crippen LogP contribution in [0, 0.1) is 0 Å². The molecule has 0 saturated heterocycles. The molecule has 2 aromatic carbocycles. The summed E-state index contributed by atoms with van der Waals surface area (Å²) >= 11 is 13.7. The van der Waals surface area contributed by atoms with Gasteiger partial charge < -0.3 is 9.84 Å². The third-order valence-corrected chi connectivity index (χ3v) is 6.88. The van der Waals surface area contributed by atoms with E-state index in [1.165, 1.54) is 22.0 Å². The standard InChI is InChI=1S/C24H20Cl2N2O4S/c1-3-32-23(31)20-13(2)27-24-28(21(20)16-6-4-5-7-17(16)26)22(30)19(33-24)11-8-14-12-15(25)9-10-18(14)29/h4-7,9-12,21,29H,3,8H2,1-2H3/b19-11-. The third kappa shape index (κ3) is 4.49. The van der Waals surface area contributed by atoms with Gasteiger partial charge in [-0.2, -0.15) is 0 Å². The van der Waals surface area contributed by atoms with Crippen molar-refractivity contribution in [2.75, 3.05) is 6.61 Å². The lowest BCUT2D eigenvalue weighted by atomic mass is 9.96. The van der Waals surface area contributed by atoms with E-state index in [1.54, 1.807) is 56.3 Å². The fourth-order valence-electron chi connectivity index (χ4n) is 3.74. The second-order valence-electron chi connectivity index (χ2n) is 7.36. The minimum atomic E-state index is -0.768. The number of phenolic OH excluding ortho intramolecular Hbond substituents is 1. The van der Waals surface area contributed by atoms with Crippen LogP contribution in [0.4, 0.5) is 0 Å². The maximum Gasteiger partial charge on any atom is 0.338 e. The van der Waals surface area contributed by atoms with Crippen molar-refractivity contribution in [3.63, 3.8) is 0 Å². The molecule has 6 nitrogen and oxygen atoms in total. The molecule has 0 bridgehead atoms. The average Bonchev–Trinajstić information content (AvgIpc) is 3.09. The number of ether oxygens (including phenoxy) is 1. The van der Waals surface area contributed by atoms with Crippen LogP contribution < -0.4 is 14.9 Å². The number of phenols is 1. The number of esters is 1. The van der Waals surface area contributed by atoms with Gasteiger partial charge in [0.2, 0.25) is 0 Å². The molecule has 1 aromatic heterocycles. The number of aromatic nitrogens is 1. The molecule has 0 fully saturated rings. The first kappa shape index (κ1) is 23.3. The van der Waals surface area contributed by atoms with Crippen LogP contribution >= 0.6 is 34.5 Å². The van der Waals surface area contributed by atoms with Crippen LogP contribution in [0.3, 0.4) is 0 Å². The maximum atomic E-state index is 13.5. The van der Waals surface area contributed by atoms with Gasteiger partial charge in [0, 0.05) is 10.0 Å². The molecule has 170 valence electrons. The first-order chi connectivity index (χ1) is 15.8. The van der Waals surface area contributed by atoms with Gasteiger partial charge in [0.05, 0.1) is 22.4 Å². The Bertz CT molecular complexity index is 1460. The second-order valence-corrected chi connectivity index (χ2v) is 9.21. The molecule has 0 amide bonds. The van der Waals surface area contributed by atoms with Gasteiger partial charge in [-0.05, 0) is 55.7 Å². The molecule has 2 heterocycles. The summed E-state index contributed by atoms with van der Waals surface area (Å²) in [4.78, 5) is 31.3.